The lowest BCUT2D eigenvalue weighted by atomic mass is 9.95. The molecule has 2 aliphatic carbocycles. The molecule has 0 saturated heterocycles. The molecule has 0 aromatic heterocycles. The van der Waals surface area contributed by atoms with Crippen molar-refractivity contribution in [3.05, 3.63) is 35.1 Å². The number of halogens is 1. The Hall–Kier alpha value is -0.890. The molecule has 1 aromatic rings. The monoisotopic (exact) mass is 275 g/mol. The summed E-state index contributed by atoms with van der Waals surface area (Å²) in [5, 5.41) is 3.74. The fourth-order valence-corrected chi connectivity index (χ4v) is 4.28. The maximum Gasteiger partial charge on any atom is 0.123 e. The summed E-state index contributed by atoms with van der Waals surface area (Å²) >= 11 is 0. The second-order valence-electron chi connectivity index (χ2n) is 6.62. The van der Waals surface area contributed by atoms with E-state index in [1.54, 1.807) is 12.1 Å². The molecule has 0 radical (unpaired) electrons. The van der Waals surface area contributed by atoms with Crippen molar-refractivity contribution < 1.29 is 4.39 Å². The van der Waals surface area contributed by atoms with E-state index in [0.717, 1.165) is 36.3 Å². The Kier molecular flexibility index (Phi) is 4.11. The van der Waals surface area contributed by atoms with Crippen LogP contribution in [0.5, 0.6) is 0 Å². The summed E-state index contributed by atoms with van der Waals surface area (Å²) in [5.74, 6) is 2.51. The highest BCUT2D eigenvalue weighted by Gasteiger charge is 2.54. The van der Waals surface area contributed by atoms with Crippen molar-refractivity contribution in [2.45, 2.75) is 52.0 Å². The molecule has 2 saturated carbocycles. The van der Waals surface area contributed by atoms with Gasteiger partial charge < -0.3 is 5.32 Å². The Balaban J connectivity index is 1.82. The van der Waals surface area contributed by atoms with Gasteiger partial charge in [0.25, 0.3) is 0 Å². The van der Waals surface area contributed by atoms with E-state index in [0.29, 0.717) is 6.04 Å². The van der Waals surface area contributed by atoms with Gasteiger partial charge in [-0.05, 0) is 73.7 Å². The molecular weight excluding hydrogens is 249 g/mol. The fourth-order valence-electron chi connectivity index (χ4n) is 4.28. The summed E-state index contributed by atoms with van der Waals surface area (Å²) in [4.78, 5) is 0. The molecule has 0 spiro atoms. The minimum Gasteiger partial charge on any atom is -0.310 e. The average Bonchev–Trinajstić information content (AvgIpc) is 3.15. The molecule has 0 heterocycles. The minimum absolute atomic E-state index is 0.117. The van der Waals surface area contributed by atoms with Crippen LogP contribution in [-0.4, -0.2) is 6.54 Å². The van der Waals surface area contributed by atoms with Crippen LogP contribution in [0.2, 0.25) is 0 Å². The number of rotatable bonds is 5. The predicted octanol–water partition coefficient (Wildman–Crippen LogP) is 4.61. The fraction of sp³-hybridized carbons (Fsp3) is 0.667. The lowest BCUT2D eigenvalue weighted by molar-refractivity contribution is 0.443. The predicted molar refractivity (Wildman–Crippen MR) is 81.1 cm³/mol. The lowest BCUT2D eigenvalue weighted by Gasteiger charge is -2.22. The van der Waals surface area contributed by atoms with Gasteiger partial charge in [-0.2, -0.15) is 0 Å². The highest BCUT2D eigenvalue weighted by molar-refractivity contribution is 5.32. The highest BCUT2D eigenvalue weighted by Crippen LogP contribution is 2.60. The Bertz CT molecular complexity index is 458. The van der Waals surface area contributed by atoms with E-state index in [4.69, 9.17) is 0 Å². The second-order valence-corrected chi connectivity index (χ2v) is 6.62. The van der Waals surface area contributed by atoms with Crippen LogP contribution in [0, 0.1) is 30.5 Å². The maximum atomic E-state index is 13.4. The molecule has 1 nitrogen and oxygen atoms in total. The third-order valence-corrected chi connectivity index (χ3v) is 5.29. The van der Waals surface area contributed by atoms with Gasteiger partial charge in [-0.1, -0.05) is 25.8 Å². The summed E-state index contributed by atoms with van der Waals surface area (Å²) < 4.78 is 13.4. The van der Waals surface area contributed by atoms with Gasteiger partial charge in [0.15, 0.2) is 0 Å². The first-order valence-corrected chi connectivity index (χ1v) is 8.21. The number of nitrogens with one attached hydrogen (secondary N) is 1. The van der Waals surface area contributed by atoms with Gasteiger partial charge in [-0.25, -0.2) is 4.39 Å². The van der Waals surface area contributed by atoms with Crippen molar-refractivity contribution in [2.24, 2.45) is 17.8 Å². The second kappa shape index (κ2) is 5.85. The summed E-state index contributed by atoms with van der Waals surface area (Å²) in [6, 6.07) is 5.74. The van der Waals surface area contributed by atoms with Crippen molar-refractivity contribution in [1.29, 1.82) is 0 Å². The van der Waals surface area contributed by atoms with E-state index in [1.807, 2.05) is 13.0 Å². The quantitative estimate of drug-likeness (QED) is 0.827. The Labute approximate surface area is 122 Å². The van der Waals surface area contributed by atoms with E-state index < -0.39 is 0 Å². The van der Waals surface area contributed by atoms with Gasteiger partial charge in [-0.15, -0.1) is 0 Å². The number of fused-ring (bicyclic) bond motifs is 1. The summed E-state index contributed by atoms with van der Waals surface area (Å²) in [5.41, 5.74) is 2.42. The topological polar surface area (TPSA) is 12.0 Å². The first kappa shape index (κ1) is 14.1. The van der Waals surface area contributed by atoms with Crippen LogP contribution in [0.3, 0.4) is 0 Å². The largest absolute Gasteiger partial charge is 0.310 e. The van der Waals surface area contributed by atoms with Crippen molar-refractivity contribution in [3.8, 4) is 0 Å². The van der Waals surface area contributed by atoms with Gasteiger partial charge >= 0.3 is 0 Å². The lowest BCUT2D eigenvalue weighted by Crippen LogP contribution is -2.25. The molecule has 0 aliphatic heterocycles. The zero-order chi connectivity index (χ0) is 14.1. The molecule has 2 fully saturated rings. The van der Waals surface area contributed by atoms with E-state index >= 15 is 0 Å². The maximum absolute atomic E-state index is 13.4. The molecule has 1 aromatic carbocycles. The summed E-state index contributed by atoms with van der Waals surface area (Å²) in [6.07, 6.45) is 6.76. The highest BCUT2D eigenvalue weighted by atomic mass is 19.1. The molecule has 20 heavy (non-hydrogen) atoms. The molecule has 0 amide bonds. The van der Waals surface area contributed by atoms with E-state index in [1.165, 1.54) is 31.2 Å². The number of benzene rings is 1. The van der Waals surface area contributed by atoms with Gasteiger partial charge in [0, 0.05) is 6.04 Å². The first-order chi connectivity index (χ1) is 9.72. The van der Waals surface area contributed by atoms with Crippen LogP contribution in [0.4, 0.5) is 4.39 Å². The van der Waals surface area contributed by atoms with E-state index in [-0.39, 0.29) is 5.82 Å². The molecule has 3 atom stereocenters. The molecule has 3 rings (SSSR count). The van der Waals surface area contributed by atoms with Crippen molar-refractivity contribution >= 4 is 0 Å². The zero-order valence-electron chi connectivity index (χ0n) is 12.7. The molecule has 2 aliphatic rings. The average molecular weight is 275 g/mol. The molecular formula is C18H26FN. The smallest absolute Gasteiger partial charge is 0.123 e. The summed E-state index contributed by atoms with van der Waals surface area (Å²) in [7, 11) is 0. The van der Waals surface area contributed by atoms with Crippen LogP contribution < -0.4 is 5.32 Å². The van der Waals surface area contributed by atoms with Crippen LogP contribution in [-0.2, 0) is 0 Å². The van der Waals surface area contributed by atoms with Crippen LogP contribution in [0.15, 0.2) is 18.2 Å². The van der Waals surface area contributed by atoms with Crippen LogP contribution in [0.1, 0.15) is 56.2 Å². The normalized spacial score (nSPS) is 29.9. The SMILES string of the molecule is CCCNC(c1ccc(F)cc1C)C1C2CCCCC21. The number of hydrogen-bond donors (Lipinski definition) is 1. The van der Waals surface area contributed by atoms with Crippen molar-refractivity contribution in [3.63, 3.8) is 0 Å². The third-order valence-electron chi connectivity index (χ3n) is 5.29. The third kappa shape index (κ3) is 2.63. The molecule has 0 bridgehead atoms. The first-order valence-electron chi connectivity index (χ1n) is 8.21. The number of aryl methyl sites for hydroxylation is 1. The molecule has 1 N–H and O–H groups in total. The zero-order valence-corrected chi connectivity index (χ0v) is 12.7. The van der Waals surface area contributed by atoms with Crippen LogP contribution in [0.25, 0.3) is 0 Å². The van der Waals surface area contributed by atoms with Gasteiger partial charge in [0.1, 0.15) is 5.82 Å². The van der Waals surface area contributed by atoms with Crippen molar-refractivity contribution in [1.82, 2.24) is 5.32 Å². The molecule has 3 unspecified atom stereocenters. The summed E-state index contributed by atoms with van der Waals surface area (Å²) in [6.45, 7) is 5.31. The van der Waals surface area contributed by atoms with Crippen molar-refractivity contribution in [2.75, 3.05) is 6.54 Å². The van der Waals surface area contributed by atoms with E-state index in [9.17, 15) is 4.39 Å². The van der Waals surface area contributed by atoms with Gasteiger partial charge in [0.2, 0.25) is 0 Å². The molecule has 110 valence electrons. The number of hydrogen-bond acceptors (Lipinski definition) is 1. The van der Waals surface area contributed by atoms with Crippen LogP contribution >= 0.6 is 0 Å². The Morgan fingerprint density at radius 2 is 1.95 bits per heavy atom. The molecule has 2 heteroatoms. The standard InChI is InChI=1S/C18H26FN/c1-3-10-20-18(14-9-8-13(19)11-12(14)2)17-15-6-4-5-7-16(15)17/h8-9,11,15-18,20H,3-7,10H2,1-2H3. The van der Waals surface area contributed by atoms with Gasteiger partial charge in [-0.3, -0.25) is 0 Å². The Morgan fingerprint density at radius 3 is 2.55 bits per heavy atom. The Morgan fingerprint density at radius 1 is 1.25 bits per heavy atom. The minimum atomic E-state index is -0.117. The van der Waals surface area contributed by atoms with E-state index in [2.05, 4.69) is 12.2 Å². The van der Waals surface area contributed by atoms with Gasteiger partial charge in [0.05, 0.1) is 0 Å².